The van der Waals surface area contributed by atoms with Gasteiger partial charge in [-0.2, -0.15) is 5.10 Å². The quantitative estimate of drug-likeness (QED) is 0.665. The molecule has 2 N–H and O–H groups in total. The van der Waals surface area contributed by atoms with Crippen LogP contribution < -0.4 is 5.73 Å². The summed E-state index contributed by atoms with van der Waals surface area (Å²) in [5.74, 6) is -0.701. The highest BCUT2D eigenvalue weighted by Crippen LogP contribution is 2.18. The molecule has 100 valence electrons. The minimum Gasteiger partial charge on any atom is -0.454 e. The number of ether oxygens (including phenoxy) is 1. The second kappa shape index (κ2) is 5.05. The summed E-state index contributed by atoms with van der Waals surface area (Å²) in [7, 11) is 1.68. The number of benzene rings is 1. The molecule has 1 heterocycles. The number of aryl methyl sites for hydroxylation is 1. The topological polar surface area (TPSA) is 83.0 Å². The molecular weight excluding hydrogens is 251 g/mol. The standard InChI is InChI=1S/C12H13FN4O2/c1-7-9(13)3-8(4-10(7)14)12(18)19-5-11-15-6-16-17(11)2/h3-4,6H,5,14H2,1-2H3. The molecule has 0 atom stereocenters. The van der Waals surface area contributed by atoms with Crippen molar-refractivity contribution in [2.24, 2.45) is 7.05 Å². The zero-order valence-electron chi connectivity index (χ0n) is 10.6. The number of esters is 1. The van der Waals surface area contributed by atoms with Crippen LogP contribution in [-0.4, -0.2) is 20.7 Å². The van der Waals surface area contributed by atoms with Crippen LogP contribution in [0.15, 0.2) is 18.5 Å². The van der Waals surface area contributed by atoms with Gasteiger partial charge in [0.1, 0.15) is 12.1 Å². The predicted octanol–water partition coefficient (Wildman–Crippen LogP) is 1.20. The third kappa shape index (κ3) is 2.70. The van der Waals surface area contributed by atoms with Crippen molar-refractivity contribution in [1.29, 1.82) is 0 Å². The Bertz CT molecular complexity index is 601. The second-order valence-electron chi connectivity index (χ2n) is 4.05. The first-order valence-electron chi connectivity index (χ1n) is 5.54. The molecule has 0 saturated heterocycles. The molecule has 2 rings (SSSR count). The van der Waals surface area contributed by atoms with E-state index in [1.54, 1.807) is 14.0 Å². The van der Waals surface area contributed by atoms with Gasteiger partial charge in [0.2, 0.25) is 0 Å². The largest absolute Gasteiger partial charge is 0.454 e. The molecule has 0 bridgehead atoms. The Morgan fingerprint density at radius 1 is 1.53 bits per heavy atom. The molecular formula is C12H13FN4O2. The average molecular weight is 264 g/mol. The number of nitrogen functional groups attached to an aromatic ring is 1. The lowest BCUT2D eigenvalue weighted by molar-refractivity contribution is 0.0457. The van der Waals surface area contributed by atoms with Crippen LogP contribution in [-0.2, 0) is 18.4 Å². The summed E-state index contributed by atoms with van der Waals surface area (Å²) < 4.78 is 20.0. The van der Waals surface area contributed by atoms with E-state index in [1.165, 1.54) is 17.1 Å². The molecule has 1 aromatic carbocycles. The van der Waals surface area contributed by atoms with Gasteiger partial charge in [-0.3, -0.25) is 4.68 Å². The molecule has 2 aromatic rings. The van der Waals surface area contributed by atoms with Crippen molar-refractivity contribution in [1.82, 2.24) is 14.8 Å². The van der Waals surface area contributed by atoms with E-state index in [1.807, 2.05) is 0 Å². The number of carbonyl (C=O) groups is 1. The van der Waals surface area contributed by atoms with Crippen LogP contribution in [0.4, 0.5) is 10.1 Å². The Balaban J connectivity index is 2.10. The van der Waals surface area contributed by atoms with Gasteiger partial charge in [0.15, 0.2) is 12.4 Å². The maximum atomic E-state index is 13.5. The Morgan fingerprint density at radius 2 is 2.26 bits per heavy atom. The lowest BCUT2D eigenvalue weighted by Gasteiger charge is -2.07. The molecule has 1 aromatic heterocycles. The number of carbonyl (C=O) groups excluding carboxylic acids is 1. The van der Waals surface area contributed by atoms with Crippen molar-refractivity contribution >= 4 is 11.7 Å². The summed E-state index contributed by atoms with van der Waals surface area (Å²) in [6.07, 6.45) is 1.35. The second-order valence-corrected chi connectivity index (χ2v) is 4.05. The monoisotopic (exact) mass is 264 g/mol. The summed E-state index contributed by atoms with van der Waals surface area (Å²) >= 11 is 0. The van der Waals surface area contributed by atoms with Gasteiger partial charge in [0.25, 0.3) is 0 Å². The SMILES string of the molecule is Cc1c(N)cc(C(=O)OCc2ncnn2C)cc1F. The van der Waals surface area contributed by atoms with Gasteiger partial charge in [-0.25, -0.2) is 14.2 Å². The number of hydrogen-bond acceptors (Lipinski definition) is 5. The van der Waals surface area contributed by atoms with Crippen molar-refractivity contribution in [2.45, 2.75) is 13.5 Å². The van der Waals surface area contributed by atoms with Crippen molar-refractivity contribution in [3.63, 3.8) is 0 Å². The van der Waals surface area contributed by atoms with Crippen LogP contribution in [0.1, 0.15) is 21.7 Å². The molecule has 0 spiro atoms. The number of rotatable bonds is 3. The Morgan fingerprint density at radius 3 is 2.84 bits per heavy atom. The van der Waals surface area contributed by atoms with Crippen molar-refractivity contribution < 1.29 is 13.9 Å². The molecule has 0 fully saturated rings. The molecule has 0 aliphatic rings. The summed E-state index contributed by atoms with van der Waals surface area (Å²) in [6, 6.07) is 2.49. The van der Waals surface area contributed by atoms with Gasteiger partial charge < -0.3 is 10.5 Å². The third-order valence-corrected chi connectivity index (χ3v) is 2.76. The number of hydrogen-bond donors (Lipinski definition) is 1. The zero-order chi connectivity index (χ0) is 14.0. The van der Waals surface area contributed by atoms with Crippen LogP contribution in [0.3, 0.4) is 0 Å². The zero-order valence-corrected chi connectivity index (χ0v) is 10.6. The molecule has 0 aliphatic carbocycles. The van der Waals surface area contributed by atoms with E-state index in [-0.39, 0.29) is 17.9 Å². The fourth-order valence-electron chi connectivity index (χ4n) is 1.48. The molecule has 0 radical (unpaired) electrons. The summed E-state index contributed by atoms with van der Waals surface area (Å²) in [5.41, 5.74) is 6.20. The van der Waals surface area contributed by atoms with E-state index in [0.717, 1.165) is 6.07 Å². The Labute approximate surface area is 109 Å². The van der Waals surface area contributed by atoms with Gasteiger partial charge in [-0.1, -0.05) is 0 Å². The summed E-state index contributed by atoms with van der Waals surface area (Å²) in [6.45, 7) is 1.50. The minimum absolute atomic E-state index is 0.0370. The summed E-state index contributed by atoms with van der Waals surface area (Å²) in [5, 5.41) is 3.84. The number of nitrogens with two attached hydrogens (primary N) is 1. The first-order valence-corrected chi connectivity index (χ1v) is 5.54. The minimum atomic E-state index is -0.659. The molecule has 19 heavy (non-hydrogen) atoms. The molecule has 0 unspecified atom stereocenters. The first-order chi connectivity index (χ1) is 8.99. The Hall–Kier alpha value is -2.44. The average Bonchev–Trinajstić information content (AvgIpc) is 2.78. The molecule has 7 heteroatoms. The molecule has 0 aliphatic heterocycles. The van der Waals surface area contributed by atoms with E-state index < -0.39 is 11.8 Å². The van der Waals surface area contributed by atoms with Crippen molar-refractivity contribution in [3.05, 3.63) is 41.2 Å². The number of anilines is 1. The third-order valence-electron chi connectivity index (χ3n) is 2.76. The summed E-state index contributed by atoms with van der Waals surface area (Å²) in [4.78, 5) is 15.7. The highest BCUT2D eigenvalue weighted by Gasteiger charge is 2.13. The molecule has 6 nitrogen and oxygen atoms in total. The van der Waals surface area contributed by atoms with E-state index in [9.17, 15) is 9.18 Å². The number of halogens is 1. The fourth-order valence-corrected chi connectivity index (χ4v) is 1.48. The smallest absolute Gasteiger partial charge is 0.338 e. The highest BCUT2D eigenvalue weighted by molar-refractivity contribution is 5.90. The van der Waals surface area contributed by atoms with Gasteiger partial charge in [0, 0.05) is 18.3 Å². The van der Waals surface area contributed by atoms with E-state index >= 15 is 0 Å². The lowest BCUT2D eigenvalue weighted by atomic mass is 10.1. The molecule has 0 saturated carbocycles. The van der Waals surface area contributed by atoms with Crippen LogP contribution >= 0.6 is 0 Å². The van der Waals surface area contributed by atoms with Gasteiger partial charge in [-0.05, 0) is 19.1 Å². The van der Waals surface area contributed by atoms with Crippen LogP contribution in [0.5, 0.6) is 0 Å². The normalized spacial score (nSPS) is 10.5. The van der Waals surface area contributed by atoms with Crippen LogP contribution in [0.25, 0.3) is 0 Å². The van der Waals surface area contributed by atoms with E-state index in [4.69, 9.17) is 10.5 Å². The number of aromatic nitrogens is 3. The number of nitrogens with zero attached hydrogens (tertiary/aromatic N) is 3. The van der Waals surface area contributed by atoms with Gasteiger partial charge in [-0.15, -0.1) is 0 Å². The maximum Gasteiger partial charge on any atom is 0.338 e. The lowest BCUT2D eigenvalue weighted by Crippen LogP contribution is -2.10. The van der Waals surface area contributed by atoms with Crippen LogP contribution in [0, 0.1) is 12.7 Å². The first kappa shape index (κ1) is 13.0. The van der Waals surface area contributed by atoms with E-state index in [0.29, 0.717) is 11.4 Å². The van der Waals surface area contributed by atoms with Gasteiger partial charge >= 0.3 is 5.97 Å². The fraction of sp³-hybridized carbons (Fsp3) is 0.250. The van der Waals surface area contributed by atoms with Gasteiger partial charge in [0.05, 0.1) is 5.56 Å². The maximum absolute atomic E-state index is 13.5. The van der Waals surface area contributed by atoms with E-state index in [2.05, 4.69) is 10.1 Å². The van der Waals surface area contributed by atoms with Crippen molar-refractivity contribution in [2.75, 3.05) is 5.73 Å². The van der Waals surface area contributed by atoms with Crippen LogP contribution in [0.2, 0.25) is 0 Å². The highest BCUT2D eigenvalue weighted by atomic mass is 19.1. The van der Waals surface area contributed by atoms with Crippen molar-refractivity contribution in [3.8, 4) is 0 Å². The molecule has 0 amide bonds. The predicted molar refractivity (Wildman–Crippen MR) is 65.7 cm³/mol. The Kier molecular flexibility index (Phi) is 3.46.